The minimum absolute atomic E-state index is 0.519. The van der Waals surface area contributed by atoms with E-state index in [1.54, 1.807) is 0 Å². The molecule has 0 aromatic carbocycles. The van der Waals surface area contributed by atoms with Crippen LogP contribution in [0.15, 0.2) is 12.7 Å². The molecule has 30 valence electrons. The highest BCUT2D eigenvalue weighted by Gasteiger charge is 2.00. The van der Waals surface area contributed by atoms with Crippen LogP contribution < -0.4 is 0 Å². The average Bonchev–Trinajstić information content (AvgIpc) is 1.31. The molecule has 0 amide bonds. The SMILES string of the molecule is C=CC1C#CC1. The molecule has 0 saturated carbocycles. The minimum atomic E-state index is 0.519. The van der Waals surface area contributed by atoms with Crippen LogP contribution in [0.5, 0.6) is 0 Å². The minimum Gasteiger partial charge on any atom is -0.102 e. The van der Waals surface area contributed by atoms with Crippen LogP contribution in [0.1, 0.15) is 6.42 Å². The second kappa shape index (κ2) is 1.18. The van der Waals surface area contributed by atoms with Crippen LogP contribution in [0.3, 0.4) is 0 Å². The van der Waals surface area contributed by atoms with Gasteiger partial charge in [0.25, 0.3) is 0 Å². The fraction of sp³-hybridized carbons (Fsp3) is 0.333. The zero-order valence-electron chi connectivity index (χ0n) is 3.57. The zero-order valence-corrected chi connectivity index (χ0v) is 3.57. The summed E-state index contributed by atoms with van der Waals surface area (Å²) in [6, 6.07) is 0. The first-order chi connectivity index (χ1) is 2.93. The van der Waals surface area contributed by atoms with Gasteiger partial charge >= 0.3 is 0 Å². The van der Waals surface area contributed by atoms with Crippen molar-refractivity contribution in [3.05, 3.63) is 12.7 Å². The summed E-state index contributed by atoms with van der Waals surface area (Å²) in [5, 5.41) is 0. The van der Waals surface area contributed by atoms with E-state index in [4.69, 9.17) is 0 Å². The summed E-state index contributed by atoms with van der Waals surface area (Å²) in [4.78, 5) is 0. The van der Waals surface area contributed by atoms with Gasteiger partial charge in [-0.05, 0) is 0 Å². The quantitative estimate of drug-likeness (QED) is 0.326. The Bertz CT molecular complexity index is 112. The normalized spacial score (nSPS) is 26.3. The van der Waals surface area contributed by atoms with Crippen molar-refractivity contribution in [2.45, 2.75) is 6.42 Å². The molecule has 0 aromatic rings. The highest BCUT2D eigenvalue weighted by molar-refractivity contribution is 5.21. The standard InChI is InChI=1S/C6H6/c1-2-6-4-3-5-6/h2,6H,1,4H2. The third kappa shape index (κ3) is 0.328. The van der Waals surface area contributed by atoms with Crippen molar-refractivity contribution in [3.8, 4) is 11.8 Å². The molecule has 0 heterocycles. The van der Waals surface area contributed by atoms with Gasteiger partial charge in [0.1, 0.15) is 0 Å². The van der Waals surface area contributed by atoms with Crippen molar-refractivity contribution < 1.29 is 0 Å². The van der Waals surface area contributed by atoms with Gasteiger partial charge in [-0.25, -0.2) is 0 Å². The highest BCUT2D eigenvalue weighted by atomic mass is 14.0. The molecule has 0 spiro atoms. The Hall–Kier alpha value is -0.700. The number of hydrogen-bond acceptors (Lipinski definition) is 0. The summed E-state index contributed by atoms with van der Waals surface area (Å²) < 4.78 is 0. The molecule has 0 bridgehead atoms. The maximum absolute atomic E-state index is 3.58. The molecule has 0 fully saturated rings. The zero-order chi connectivity index (χ0) is 4.41. The Morgan fingerprint density at radius 1 is 1.83 bits per heavy atom. The van der Waals surface area contributed by atoms with Gasteiger partial charge < -0.3 is 0 Å². The fourth-order valence-corrected chi connectivity index (χ4v) is 0.362. The molecule has 0 saturated heterocycles. The largest absolute Gasteiger partial charge is 0.102 e. The van der Waals surface area contributed by atoms with E-state index >= 15 is 0 Å². The van der Waals surface area contributed by atoms with Crippen LogP contribution in [0.25, 0.3) is 0 Å². The first-order valence-corrected chi connectivity index (χ1v) is 2.04. The van der Waals surface area contributed by atoms with Crippen LogP contribution in [-0.2, 0) is 0 Å². The maximum atomic E-state index is 3.58. The topological polar surface area (TPSA) is 0 Å². The van der Waals surface area contributed by atoms with E-state index in [9.17, 15) is 0 Å². The lowest BCUT2D eigenvalue weighted by Gasteiger charge is -2.03. The van der Waals surface area contributed by atoms with Crippen molar-refractivity contribution in [2.75, 3.05) is 0 Å². The molecule has 0 N–H and O–H groups in total. The number of allylic oxidation sites excluding steroid dienone is 1. The number of rotatable bonds is 1. The average molecular weight is 78.1 g/mol. The molecule has 1 rings (SSSR count). The van der Waals surface area contributed by atoms with Crippen molar-refractivity contribution in [2.24, 2.45) is 5.92 Å². The summed E-state index contributed by atoms with van der Waals surface area (Å²) >= 11 is 0. The lowest BCUT2D eigenvalue weighted by molar-refractivity contribution is 0.838. The van der Waals surface area contributed by atoms with E-state index in [-0.39, 0.29) is 0 Å². The smallest absolute Gasteiger partial charge is 0.0489 e. The molecule has 1 aliphatic carbocycles. The molecule has 0 heteroatoms. The first-order valence-electron chi connectivity index (χ1n) is 2.04. The van der Waals surface area contributed by atoms with Crippen molar-refractivity contribution in [1.82, 2.24) is 0 Å². The molecule has 0 radical (unpaired) electrons. The van der Waals surface area contributed by atoms with Gasteiger partial charge in [0.15, 0.2) is 0 Å². The molecular weight excluding hydrogens is 72.1 g/mol. The Morgan fingerprint density at radius 2 is 2.50 bits per heavy atom. The predicted octanol–water partition coefficient (Wildman–Crippen LogP) is 1.20. The van der Waals surface area contributed by atoms with E-state index in [0.29, 0.717) is 5.92 Å². The van der Waals surface area contributed by atoms with Crippen molar-refractivity contribution in [1.29, 1.82) is 0 Å². The lowest BCUT2D eigenvalue weighted by atomic mass is 10.00. The van der Waals surface area contributed by atoms with Gasteiger partial charge in [-0.15, -0.1) is 12.5 Å². The fourth-order valence-electron chi connectivity index (χ4n) is 0.362. The van der Waals surface area contributed by atoms with Crippen LogP contribution in [0, 0.1) is 17.8 Å². The Kier molecular flexibility index (Phi) is 0.686. The predicted molar refractivity (Wildman–Crippen MR) is 26.1 cm³/mol. The molecule has 0 aliphatic heterocycles. The van der Waals surface area contributed by atoms with Gasteiger partial charge in [0.2, 0.25) is 0 Å². The summed E-state index contributed by atoms with van der Waals surface area (Å²) in [5.41, 5.74) is 0. The van der Waals surface area contributed by atoms with Gasteiger partial charge in [-0.2, -0.15) is 0 Å². The number of hydrogen-bond donors (Lipinski definition) is 0. The van der Waals surface area contributed by atoms with E-state index in [0.717, 1.165) is 6.42 Å². The molecule has 1 atom stereocenters. The summed E-state index contributed by atoms with van der Waals surface area (Å²) in [6.07, 6.45) is 2.92. The van der Waals surface area contributed by atoms with Gasteiger partial charge in [-0.3, -0.25) is 0 Å². The van der Waals surface area contributed by atoms with E-state index in [1.807, 2.05) is 6.08 Å². The van der Waals surface area contributed by atoms with Crippen molar-refractivity contribution >= 4 is 0 Å². The molecule has 1 unspecified atom stereocenters. The lowest BCUT2D eigenvalue weighted by Crippen LogP contribution is -1.96. The Balaban J connectivity index is 2.48. The van der Waals surface area contributed by atoms with Crippen LogP contribution in [0.2, 0.25) is 0 Å². The maximum Gasteiger partial charge on any atom is 0.0489 e. The second-order valence-corrected chi connectivity index (χ2v) is 1.37. The van der Waals surface area contributed by atoms with Crippen LogP contribution in [0.4, 0.5) is 0 Å². The molecule has 0 aromatic heterocycles. The molecule has 1 aliphatic rings. The van der Waals surface area contributed by atoms with Gasteiger partial charge in [-0.1, -0.05) is 12.0 Å². The van der Waals surface area contributed by atoms with E-state index in [1.165, 1.54) is 0 Å². The molecule has 6 heavy (non-hydrogen) atoms. The summed E-state index contributed by atoms with van der Waals surface area (Å²) in [6.45, 7) is 3.58. The summed E-state index contributed by atoms with van der Waals surface area (Å²) in [7, 11) is 0. The second-order valence-electron chi connectivity index (χ2n) is 1.37. The first kappa shape index (κ1) is 3.49. The third-order valence-electron chi connectivity index (χ3n) is 0.894. The van der Waals surface area contributed by atoms with Gasteiger partial charge in [0, 0.05) is 12.3 Å². The molecule has 0 nitrogen and oxygen atoms in total. The monoisotopic (exact) mass is 78.0 g/mol. The Morgan fingerprint density at radius 3 is 2.50 bits per heavy atom. The van der Waals surface area contributed by atoms with Crippen LogP contribution >= 0.6 is 0 Å². The third-order valence-corrected chi connectivity index (χ3v) is 0.894. The van der Waals surface area contributed by atoms with Gasteiger partial charge in [0.05, 0.1) is 0 Å². The van der Waals surface area contributed by atoms with Crippen LogP contribution in [-0.4, -0.2) is 0 Å². The van der Waals surface area contributed by atoms with E-state index < -0.39 is 0 Å². The Labute approximate surface area is 37.9 Å². The summed E-state index contributed by atoms with van der Waals surface area (Å²) in [5.74, 6) is 6.34. The molecular formula is C6H6. The van der Waals surface area contributed by atoms with E-state index in [2.05, 4.69) is 18.4 Å². The van der Waals surface area contributed by atoms with Crippen molar-refractivity contribution in [3.63, 3.8) is 0 Å². The highest BCUT2D eigenvalue weighted by Crippen LogP contribution is 2.07.